The number of amides is 2. The van der Waals surface area contributed by atoms with Gasteiger partial charge in [-0.15, -0.1) is 0 Å². The molecule has 6 heteroatoms. The molecule has 2 atom stereocenters. The zero-order valence-corrected chi connectivity index (χ0v) is 20.7. The van der Waals surface area contributed by atoms with Gasteiger partial charge in [-0.2, -0.15) is 0 Å². The number of methoxy groups -OCH3 is 1. The summed E-state index contributed by atoms with van der Waals surface area (Å²) in [6, 6.07) is 15.8. The zero-order chi connectivity index (χ0) is 24.2. The molecule has 0 bridgehead atoms. The van der Waals surface area contributed by atoms with E-state index in [4.69, 9.17) is 4.74 Å². The molecule has 5 rings (SSSR count). The molecule has 2 aromatic carbocycles. The second kappa shape index (κ2) is 10.8. The van der Waals surface area contributed by atoms with Crippen LogP contribution in [0.5, 0.6) is 5.75 Å². The first-order valence-electron chi connectivity index (χ1n) is 13.2. The van der Waals surface area contributed by atoms with Crippen LogP contribution in [0.4, 0.5) is 0 Å². The molecule has 186 valence electrons. The van der Waals surface area contributed by atoms with E-state index in [0.717, 1.165) is 50.9 Å². The first-order chi connectivity index (χ1) is 17.1. The van der Waals surface area contributed by atoms with Crippen LogP contribution in [0.2, 0.25) is 0 Å². The quantitative estimate of drug-likeness (QED) is 0.680. The van der Waals surface area contributed by atoms with Crippen molar-refractivity contribution >= 4 is 11.8 Å². The number of benzene rings is 2. The fraction of sp³-hybridized carbons (Fsp3) is 0.517. The highest BCUT2D eigenvalue weighted by Crippen LogP contribution is 2.33. The number of aryl methyl sites for hydroxylation is 1. The number of hydrogen-bond acceptors (Lipinski definition) is 4. The van der Waals surface area contributed by atoms with E-state index in [1.54, 1.807) is 7.11 Å². The average Bonchev–Trinajstić information content (AvgIpc) is 3.43. The number of piperazine rings is 1. The largest absolute Gasteiger partial charge is 0.497 e. The highest BCUT2D eigenvalue weighted by molar-refractivity contribution is 5.94. The molecule has 2 aliphatic carbocycles. The molecule has 1 heterocycles. The fourth-order valence-electron chi connectivity index (χ4n) is 6.23. The highest BCUT2D eigenvalue weighted by atomic mass is 16.5. The second-order valence-corrected chi connectivity index (χ2v) is 10.2. The Balaban J connectivity index is 1.25. The van der Waals surface area contributed by atoms with Gasteiger partial charge >= 0.3 is 0 Å². The molecule has 1 aliphatic heterocycles. The van der Waals surface area contributed by atoms with Crippen LogP contribution < -0.4 is 10.1 Å². The molecule has 2 unspecified atom stereocenters. The van der Waals surface area contributed by atoms with E-state index < -0.39 is 0 Å². The number of carbonyl (C=O) groups excluding carboxylic acids is 2. The zero-order valence-electron chi connectivity index (χ0n) is 20.7. The molecule has 0 radical (unpaired) electrons. The Kier molecular flexibility index (Phi) is 7.37. The van der Waals surface area contributed by atoms with Crippen molar-refractivity contribution in [3.8, 4) is 5.75 Å². The monoisotopic (exact) mass is 475 g/mol. The lowest BCUT2D eigenvalue weighted by molar-refractivity contribution is -0.130. The standard InChI is InChI=1S/C29H37N3O3/c1-35-24-15-13-23(14-16-24)29(34)32-19-17-31(18-20-32)27(22-8-2-3-9-22)28(33)30-26-12-6-10-21-7-4-5-11-25(21)26/h4-5,7,11,13-16,22,26-27H,2-3,6,8-10,12,17-20H2,1H3,(H,30,33). The van der Waals surface area contributed by atoms with Crippen molar-refractivity contribution in [3.05, 3.63) is 65.2 Å². The summed E-state index contributed by atoms with van der Waals surface area (Å²) in [6.07, 6.45) is 7.85. The molecule has 2 amide bonds. The number of ether oxygens (including phenoxy) is 1. The minimum atomic E-state index is -0.107. The van der Waals surface area contributed by atoms with Crippen molar-refractivity contribution in [2.24, 2.45) is 5.92 Å². The molecule has 35 heavy (non-hydrogen) atoms. The van der Waals surface area contributed by atoms with E-state index in [1.165, 1.54) is 24.0 Å². The van der Waals surface area contributed by atoms with E-state index >= 15 is 0 Å². The summed E-state index contributed by atoms with van der Waals surface area (Å²) in [7, 11) is 1.62. The summed E-state index contributed by atoms with van der Waals surface area (Å²) in [5.74, 6) is 1.37. The third-order valence-corrected chi connectivity index (χ3v) is 8.13. The van der Waals surface area contributed by atoms with E-state index in [9.17, 15) is 9.59 Å². The van der Waals surface area contributed by atoms with Crippen LogP contribution in [0.1, 0.15) is 66.1 Å². The fourth-order valence-corrected chi connectivity index (χ4v) is 6.23. The molecular weight excluding hydrogens is 438 g/mol. The predicted molar refractivity (Wildman–Crippen MR) is 136 cm³/mol. The van der Waals surface area contributed by atoms with Gasteiger partial charge in [-0.1, -0.05) is 37.1 Å². The summed E-state index contributed by atoms with van der Waals surface area (Å²) >= 11 is 0. The maximum atomic E-state index is 13.8. The normalized spacial score (nSPS) is 21.9. The number of rotatable bonds is 6. The van der Waals surface area contributed by atoms with Crippen LogP contribution in [0.15, 0.2) is 48.5 Å². The van der Waals surface area contributed by atoms with Crippen LogP contribution in [0, 0.1) is 5.92 Å². The Morgan fingerprint density at radius 1 is 0.914 bits per heavy atom. The number of nitrogens with zero attached hydrogens (tertiary/aromatic N) is 2. The summed E-state index contributed by atoms with van der Waals surface area (Å²) in [4.78, 5) is 31.1. The van der Waals surface area contributed by atoms with Crippen LogP contribution in [0.25, 0.3) is 0 Å². The van der Waals surface area contributed by atoms with Crippen molar-refractivity contribution in [3.63, 3.8) is 0 Å². The minimum absolute atomic E-state index is 0.0491. The molecule has 1 saturated heterocycles. The van der Waals surface area contributed by atoms with Crippen molar-refractivity contribution in [1.29, 1.82) is 0 Å². The Morgan fingerprint density at radius 2 is 1.63 bits per heavy atom. The topological polar surface area (TPSA) is 61.9 Å². The third-order valence-electron chi connectivity index (χ3n) is 8.13. The van der Waals surface area contributed by atoms with Crippen molar-refractivity contribution < 1.29 is 14.3 Å². The van der Waals surface area contributed by atoms with E-state index in [1.807, 2.05) is 29.2 Å². The first kappa shape index (κ1) is 23.9. The van der Waals surface area contributed by atoms with Gasteiger partial charge in [0.05, 0.1) is 19.2 Å². The summed E-state index contributed by atoms with van der Waals surface area (Å²) in [6.45, 7) is 2.76. The van der Waals surface area contributed by atoms with Crippen LogP contribution in [-0.4, -0.2) is 60.9 Å². The average molecular weight is 476 g/mol. The molecule has 1 saturated carbocycles. The molecule has 0 spiro atoms. The van der Waals surface area contributed by atoms with Crippen LogP contribution in [0.3, 0.4) is 0 Å². The van der Waals surface area contributed by atoms with E-state index in [0.29, 0.717) is 24.6 Å². The van der Waals surface area contributed by atoms with Gasteiger partial charge < -0.3 is 15.0 Å². The Morgan fingerprint density at radius 3 is 2.34 bits per heavy atom. The van der Waals surface area contributed by atoms with Gasteiger partial charge in [0.1, 0.15) is 5.75 Å². The molecule has 3 aliphatic rings. The summed E-state index contributed by atoms with van der Waals surface area (Å²) in [5, 5.41) is 3.45. The Labute approximate surface area is 208 Å². The Hall–Kier alpha value is -2.86. The first-order valence-corrected chi connectivity index (χ1v) is 13.2. The third kappa shape index (κ3) is 5.22. The molecule has 1 N–H and O–H groups in total. The molecule has 6 nitrogen and oxygen atoms in total. The van der Waals surface area contributed by atoms with Gasteiger partial charge in [-0.25, -0.2) is 0 Å². The maximum Gasteiger partial charge on any atom is 0.253 e. The smallest absolute Gasteiger partial charge is 0.253 e. The number of hydrogen-bond donors (Lipinski definition) is 1. The number of carbonyl (C=O) groups is 2. The lowest BCUT2D eigenvalue weighted by atomic mass is 9.87. The highest BCUT2D eigenvalue weighted by Gasteiger charge is 2.38. The van der Waals surface area contributed by atoms with Gasteiger partial charge in [-0.05, 0) is 73.4 Å². The number of fused-ring (bicyclic) bond motifs is 1. The van der Waals surface area contributed by atoms with E-state index in [2.05, 4.69) is 34.5 Å². The molecular formula is C29H37N3O3. The van der Waals surface area contributed by atoms with Crippen LogP contribution >= 0.6 is 0 Å². The van der Waals surface area contributed by atoms with Gasteiger partial charge in [0.15, 0.2) is 0 Å². The maximum absolute atomic E-state index is 13.8. The lowest BCUT2D eigenvalue weighted by Gasteiger charge is -2.41. The molecule has 2 fully saturated rings. The minimum Gasteiger partial charge on any atom is -0.497 e. The molecule has 0 aromatic heterocycles. The summed E-state index contributed by atoms with van der Waals surface area (Å²) < 4.78 is 5.21. The van der Waals surface area contributed by atoms with Crippen molar-refractivity contribution in [1.82, 2.24) is 15.1 Å². The van der Waals surface area contributed by atoms with Gasteiger partial charge in [0.2, 0.25) is 5.91 Å². The van der Waals surface area contributed by atoms with Gasteiger partial charge in [-0.3, -0.25) is 14.5 Å². The number of nitrogens with one attached hydrogen (secondary N) is 1. The van der Waals surface area contributed by atoms with Crippen LogP contribution in [-0.2, 0) is 11.2 Å². The summed E-state index contributed by atoms with van der Waals surface area (Å²) in [5.41, 5.74) is 3.33. The van der Waals surface area contributed by atoms with Gasteiger partial charge in [0.25, 0.3) is 5.91 Å². The van der Waals surface area contributed by atoms with Gasteiger partial charge in [0, 0.05) is 31.7 Å². The second-order valence-electron chi connectivity index (χ2n) is 10.2. The van der Waals surface area contributed by atoms with Crippen molar-refractivity contribution in [2.75, 3.05) is 33.3 Å². The SMILES string of the molecule is COc1ccc(C(=O)N2CCN(C(C(=O)NC3CCCc4ccccc43)C3CCCC3)CC2)cc1. The Bertz CT molecular complexity index is 1020. The van der Waals surface area contributed by atoms with E-state index in [-0.39, 0.29) is 23.9 Å². The van der Waals surface area contributed by atoms with Crippen molar-refractivity contribution in [2.45, 2.75) is 57.0 Å². The predicted octanol–water partition coefficient (Wildman–Crippen LogP) is 4.21. The molecule has 2 aromatic rings. The lowest BCUT2D eigenvalue weighted by Crippen LogP contribution is -2.58.